The van der Waals surface area contributed by atoms with E-state index in [2.05, 4.69) is 10.0 Å². The minimum atomic E-state index is -3.96. The molecule has 49 heavy (non-hydrogen) atoms. The zero-order chi connectivity index (χ0) is 35.2. The third-order valence-corrected chi connectivity index (χ3v) is 8.84. The maximum Gasteiger partial charge on any atom is 0.261 e. The molecular formula is C37H42FN3O7S. The summed E-state index contributed by atoms with van der Waals surface area (Å²) in [6.45, 7) is 4.48. The van der Waals surface area contributed by atoms with Crippen molar-refractivity contribution >= 4 is 27.5 Å². The van der Waals surface area contributed by atoms with Gasteiger partial charge in [-0.3, -0.25) is 14.3 Å². The number of hydrogen-bond acceptors (Lipinski definition) is 7. The Morgan fingerprint density at radius 3 is 2.12 bits per heavy atom. The van der Waals surface area contributed by atoms with Crippen LogP contribution in [-0.4, -0.2) is 64.1 Å². The van der Waals surface area contributed by atoms with Crippen molar-refractivity contribution in [2.24, 2.45) is 0 Å². The van der Waals surface area contributed by atoms with Crippen LogP contribution in [-0.2, 0) is 37.3 Å². The molecule has 12 heteroatoms. The largest absolute Gasteiger partial charge is 0.497 e. The number of anilines is 1. The molecule has 0 heterocycles. The van der Waals surface area contributed by atoms with Crippen LogP contribution in [0.2, 0.25) is 0 Å². The lowest BCUT2D eigenvalue weighted by Crippen LogP contribution is -2.52. The first kappa shape index (κ1) is 36.9. The molecule has 2 amide bonds. The molecule has 2 N–H and O–H groups in total. The second-order valence-electron chi connectivity index (χ2n) is 11.5. The summed E-state index contributed by atoms with van der Waals surface area (Å²) in [5.41, 5.74) is 1.88. The van der Waals surface area contributed by atoms with Crippen molar-refractivity contribution in [3.63, 3.8) is 0 Å². The van der Waals surface area contributed by atoms with Crippen molar-refractivity contribution in [3.8, 4) is 11.5 Å². The molecule has 260 valence electrons. The van der Waals surface area contributed by atoms with Gasteiger partial charge in [0.25, 0.3) is 15.9 Å². The standard InChI is InChI=1S/C37H42FN3O7S/c1-27(2)47-23-7-22-39-37(43)35(24-28-8-5-4-6-9-28)41(25-29-10-16-32(46-3)17-11-29)36(42)26-48-33-18-20-34(21-19-33)49(44,45)40-31-14-12-30(38)13-15-31/h4-6,8-21,27,35,40H,7,22-26H2,1-3H3,(H,39,43)/t35-/m1/s1. The van der Waals surface area contributed by atoms with Gasteiger partial charge in [0.1, 0.15) is 23.4 Å². The van der Waals surface area contributed by atoms with Gasteiger partial charge in [-0.15, -0.1) is 0 Å². The quantitative estimate of drug-likeness (QED) is 0.131. The molecule has 0 saturated heterocycles. The molecule has 0 aliphatic carbocycles. The van der Waals surface area contributed by atoms with Crippen molar-refractivity contribution in [2.45, 2.75) is 50.3 Å². The summed E-state index contributed by atoms with van der Waals surface area (Å²) in [7, 11) is -2.39. The fourth-order valence-electron chi connectivity index (χ4n) is 4.88. The number of rotatable bonds is 18. The summed E-state index contributed by atoms with van der Waals surface area (Å²) in [6, 6.07) is 26.3. The summed E-state index contributed by atoms with van der Waals surface area (Å²) in [5, 5.41) is 2.98. The van der Waals surface area contributed by atoms with Gasteiger partial charge >= 0.3 is 0 Å². The molecule has 0 fully saturated rings. The van der Waals surface area contributed by atoms with Gasteiger partial charge in [-0.2, -0.15) is 0 Å². The SMILES string of the molecule is COc1ccc(CN(C(=O)COc2ccc(S(=O)(=O)Nc3ccc(F)cc3)cc2)[C@H](Cc2ccccc2)C(=O)NCCCOC(C)C)cc1. The van der Waals surface area contributed by atoms with E-state index in [0.717, 1.165) is 23.3 Å². The van der Waals surface area contributed by atoms with E-state index >= 15 is 0 Å². The summed E-state index contributed by atoms with van der Waals surface area (Å²) in [6.07, 6.45) is 0.964. The zero-order valence-electron chi connectivity index (χ0n) is 27.8. The van der Waals surface area contributed by atoms with Crippen LogP contribution in [0, 0.1) is 5.82 Å². The number of ether oxygens (including phenoxy) is 3. The number of methoxy groups -OCH3 is 1. The number of amides is 2. The Kier molecular flexibility index (Phi) is 13.5. The van der Waals surface area contributed by atoms with Gasteiger partial charge in [0.05, 0.1) is 18.1 Å². The normalized spacial score (nSPS) is 11.9. The van der Waals surface area contributed by atoms with Crippen LogP contribution in [0.5, 0.6) is 11.5 Å². The van der Waals surface area contributed by atoms with Crippen LogP contribution in [0.4, 0.5) is 10.1 Å². The second-order valence-corrected chi connectivity index (χ2v) is 13.2. The van der Waals surface area contributed by atoms with Gasteiger partial charge in [-0.25, -0.2) is 12.8 Å². The molecule has 0 aliphatic heterocycles. The number of sulfonamides is 1. The highest BCUT2D eigenvalue weighted by molar-refractivity contribution is 7.92. The van der Waals surface area contributed by atoms with Crippen LogP contribution < -0.4 is 19.5 Å². The van der Waals surface area contributed by atoms with Crippen molar-refractivity contribution < 1.29 is 36.6 Å². The number of halogens is 1. The number of carbonyl (C=O) groups is 2. The van der Waals surface area contributed by atoms with Crippen molar-refractivity contribution in [1.82, 2.24) is 10.2 Å². The van der Waals surface area contributed by atoms with E-state index in [4.69, 9.17) is 14.2 Å². The summed E-state index contributed by atoms with van der Waals surface area (Å²) in [5.74, 6) is -0.317. The highest BCUT2D eigenvalue weighted by Gasteiger charge is 2.30. The first-order valence-corrected chi connectivity index (χ1v) is 17.4. The number of nitrogens with zero attached hydrogens (tertiary/aromatic N) is 1. The van der Waals surface area contributed by atoms with Crippen LogP contribution in [0.25, 0.3) is 0 Å². The van der Waals surface area contributed by atoms with Gasteiger partial charge in [0.2, 0.25) is 5.91 Å². The minimum Gasteiger partial charge on any atom is -0.497 e. The van der Waals surface area contributed by atoms with Crippen molar-refractivity contribution in [3.05, 3.63) is 120 Å². The molecule has 0 bridgehead atoms. The van der Waals surface area contributed by atoms with Crippen LogP contribution in [0.3, 0.4) is 0 Å². The molecule has 4 aromatic rings. The lowest BCUT2D eigenvalue weighted by Gasteiger charge is -2.31. The first-order chi connectivity index (χ1) is 23.5. The predicted octanol–water partition coefficient (Wildman–Crippen LogP) is 5.59. The number of hydrogen-bond donors (Lipinski definition) is 2. The maximum absolute atomic E-state index is 13.9. The smallest absolute Gasteiger partial charge is 0.261 e. The van der Waals surface area contributed by atoms with E-state index in [1.54, 1.807) is 19.2 Å². The van der Waals surface area contributed by atoms with E-state index < -0.39 is 34.4 Å². The Morgan fingerprint density at radius 1 is 0.837 bits per heavy atom. The molecule has 0 radical (unpaired) electrons. The highest BCUT2D eigenvalue weighted by atomic mass is 32.2. The Morgan fingerprint density at radius 2 is 1.49 bits per heavy atom. The topological polar surface area (TPSA) is 123 Å². The van der Waals surface area contributed by atoms with Crippen molar-refractivity contribution in [1.29, 1.82) is 0 Å². The molecule has 1 atom stereocenters. The van der Waals surface area contributed by atoms with Gasteiger partial charge in [-0.1, -0.05) is 42.5 Å². The van der Waals surface area contributed by atoms with E-state index in [0.29, 0.717) is 25.3 Å². The predicted molar refractivity (Wildman–Crippen MR) is 185 cm³/mol. The van der Waals surface area contributed by atoms with Crippen LogP contribution >= 0.6 is 0 Å². The Balaban J connectivity index is 1.52. The average Bonchev–Trinajstić information content (AvgIpc) is 3.10. The fourth-order valence-corrected chi connectivity index (χ4v) is 5.94. The van der Waals surface area contributed by atoms with Crippen molar-refractivity contribution in [2.75, 3.05) is 31.6 Å². The highest BCUT2D eigenvalue weighted by Crippen LogP contribution is 2.21. The molecule has 0 unspecified atom stereocenters. The first-order valence-electron chi connectivity index (χ1n) is 15.9. The third kappa shape index (κ3) is 11.6. The minimum absolute atomic E-state index is 0.0463. The molecule has 0 saturated carbocycles. The Bertz CT molecular complexity index is 1740. The summed E-state index contributed by atoms with van der Waals surface area (Å²) in [4.78, 5) is 29.1. The van der Waals surface area contributed by atoms with Gasteiger partial charge < -0.3 is 24.4 Å². The molecule has 4 rings (SSSR count). The van der Waals surface area contributed by atoms with E-state index in [1.807, 2.05) is 56.3 Å². The Labute approximate surface area is 287 Å². The molecular weight excluding hydrogens is 649 g/mol. The van der Waals surface area contributed by atoms with Crippen LogP contribution in [0.1, 0.15) is 31.4 Å². The van der Waals surface area contributed by atoms with E-state index in [1.165, 1.54) is 41.3 Å². The molecule has 10 nitrogen and oxygen atoms in total. The molecule has 0 aliphatic rings. The van der Waals surface area contributed by atoms with Gasteiger partial charge in [0.15, 0.2) is 6.61 Å². The van der Waals surface area contributed by atoms with Crippen LogP contribution in [0.15, 0.2) is 108 Å². The monoisotopic (exact) mass is 691 g/mol. The molecule has 0 aromatic heterocycles. The lowest BCUT2D eigenvalue weighted by atomic mass is 10.0. The second kappa shape index (κ2) is 18.0. The number of carbonyl (C=O) groups excluding carboxylic acids is 2. The summed E-state index contributed by atoms with van der Waals surface area (Å²) < 4.78 is 58.0. The number of nitrogens with one attached hydrogen (secondary N) is 2. The maximum atomic E-state index is 13.9. The van der Waals surface area contributed by atoms with Gasteiger partial charge in [0, 0.05) is 31.8 Å². The Hall–Kier alpha value is -4.94. The summed E-state index contributed by atoms with van der Waals surface area (Å²) >= 11 is 0. The van der Waals surface area contributed by atoms with E-state index in [9.17, 15) is 22.4 Å². The zero-order valence-corrected chi connectivity index (χ0v) is 28.6. The lowest BCUT2D eigenvalue weighted by molar-refractivity contribution is -0.142. The molecule has 0 spiro atoms. The average molecular weight is 692 g/mol. The van der Waals surface area contributed by atoms with E-state index in [-0.39, 0.29) is 41.3 Å². The number of benzene rings is 4. The molecule has 4 aromatic carbocycles. The fraction of sp³-hybridized carbons (Fsp3) is 0.297. The van der Waals surface area contributed by atoms with Gasteiger partial charge in [-0.05, 0) is 92.1 Å². The third-order valence-electron chi connectivity index (χ3n) is 7.45.